The number of fused-ring (bicyclic) bond motifs is 15. The zero-order valence-electron chi connectivity index (χ0n) is 60.4. The van der Waals surface area contributed by atoms with Crippen LogP contribution in [0.25, 0.3) is 232 Å². The Morgan fingerprint density at radius 1 is 0.193 bits per heavy atom. The molecule has 0 N–H and O–H groups in total. The van der Waals surface area contributed by atoms with Crippen molar-refractivity contribution in [2.45, 2.75) is 0 Å². The summed E-state index contributed by atoms with van der Waals surface area (Å²) in [5, 5.41) is 9.80. The van der Waals surface area contributed by atoms with Gasteiger partial charge in [0.1, 0.15) is 38.9 Å². The number of hydrogen-bond acceptors (Lipinski definition) is 15. The van der Waals surface area contributed by atoms with Crippen molar-refractivity contribution in [3.8, 4) is 102 Å². The molecule has 24 aromatic rings. The number of oxazole rings is 3. The van der Waals surface area contributed by atoms with E-state index < -0.39 is 0 Å². The van der Waals surface area contributed by atoms with Crippen LogP contribution in [-0.2, 0) is 0 Å². The monoisotopic (exact) mass is 1480 g/mol. The first-order valence-electron chi connectivity index (χ1n) is 37.4. The summed E-state index contributed by atoms with van der Waals surface area (Å²) in [6.45, 7) is 0. The third-order valence-corrected chi connectivity index (χ3v) is 22.1. The molecular weight excluding hydrogens is 1430 g/mol. The fourth-order valence-electron chi connectivity index (χ4n) is 15.3. The molecule has 0 aliphatic carbocycles. The van der Waals surface area contributed by atoms with Crippen LogP contribution in [0.5, 0.6) is 0 Å². The highest BCUT2D eigenvalue weighted by atomic mass is 32.1. The van der Waals surface area contributed by atoms with Crippen molar-refractivity contribution in [2.24, 2.45) is 0 Å². The normalized spacial score (nSPS) is 11.7. The van der Waals surface area contributed by atoms with Crippen molar-refractivity contribution in [3.63, 3.8) is 0 Å². The molecular formula is C99H57N9O5S. The van der Waals surface area contributed by atoms with Gasteiger partial charge < -0.3 is 22.1 Å². The Labute approximate surface area is 652 Å². The van der Waals surface area contributed by atoms with Gasteiger partial charge in [-0.2, -0.15) is 0 Å². The summed E-state index contributed by atoms with van der Waals surface area (Å²) < 4.78 is 32.7. The first-order valence-corrected chi connectivity index (χ1v) is 38.2. The third-order valence-electron chi connectivity index (χ3n) is 20.8. The predicted octanol–water partition coefficient (Wildman–Crippen LogP) is 26.5. The summed E-state index contributed by atoms with van der Waals surface area (Å²) in [6.07, 6.45) is 0. The molecule has 24 rings (SSSR count). The minimum Gasteiger partial charge on any atom is -0.456 e. The molecule has 0 atom stereocenters. The Bertz CT molecular complexity index is 7470. The predicted molar refractivity (Wildman–Crippen MR) is 458 cm³/mol. The Hall–Kier alpha value is -15.5. The van der Waals surface area contributed by atoms with E-state index >= 15 is 0 Å². The minimum atomic E-state index is 0.600. The molecule has 0 fully saturated rings. The molecule has 0 unspecified atom stereocenters. The molecule has 0 saturated carbocycles. The third kappa shape index (κ3) is 11.7. The first-order chi connectivity index (χ1) is 56.4. The molecule has 0 spiro atoms. The van der Waals surface area contributed by atoms with E-state index in [9.17, 15) is 0 Å². The fraction of sp³-hybridized carbons (Fsp3) is 0. The van der Waals surface area contributed by atoms with E-state index in [4.69, 9.17) is 52.0 Å². The summed E-state index contributed by atoms with van der Waals surface area (Å²) in [7, 11) is 0. The van der Waals surface area contributed by atoms with Gasteiger partial charge in [0.2, 0.25) is 17.7 Å². The molecule has 534 valence electrons. The number of hydrogen-bond donors (Lipinski definition) is 0. The second-order valence-corrected chi connectivity index (χ2v) is 28.9. The number of furan rings is 2. The maximum Gasteiger partial charge on any atom is 0.227 e. The Kier molecular flexibility index (Phi) is 15.7. The number of rotatable bonds is 9. The lowest BCUT2D eigenvalue weighted by Gasteiger charge is -2.10. The molecule has 0 radical (unpaired) electrons. The SMILES string of the molecule is c1ccc2oc(-c3ccc(-c4nc(-c5ccc6oc7ccccc7c6c5)nc5ccccc45)cc3)nc2c1.c1ccc2oc(-c3ccc(-c4nc(-c5cccc6c5oc5ccccc56)nc5ccccc45)cc3)nc2c1.c1ccc2oc(-c3ccc(-c4nc(-c5cccc6c5sc5ccccc56)nc5ccccc45)cc3)nc2c1. The number of aromatic nitrogens is 9. The van der Waals surface area contributed by atoms with Gasteiger partial charge in [0.25, 0.3) is 0 Å². The van der Waals surface area contributed by atoms with Gasteiger partial charge in [0.15, 0.2) is 34.2 Å². The van der Waals surface area contributed by atoms with Crippen LogP contribution < -0.4 is 0 Å². The van der Waals surface area contributed by atoms with Crippen molar-refractivity contribution < 1.29 is 22.1 Å². The molecule has 0 bridgehead atoms. The summed E-state index contributed by atoms with van der Waals surface area (Å²) >= 11 is 1.79. The van der Waals surface area contributed by atoms with Gasteiger partial charge in [-0.15, -0.1) is 11.3 Å². The number of nitrogens with zero attached hydrogens (tertiary/aromatic N) is 9. The summed E-state index contributed by atoms with van der Waals surface area (Å²) in [6, 6.07) is 116. The lowest BCUT2D eigenvalue weighted by Crippen LogP contribution is -1.95. The molecule has 15 aromatic carbocycles. The molecule has 0 aliphatic heterocycles. The van der Waals surface area contributed by atoms with E-state index in [-0.39, 0.29) is 0 Å². The van der Waals surface area contributed by atoms with Crippen molar-refractivity contribution in [2.75, 3.05) is 0 Å². The summed E-state index contributed by atoms with van der Waals surface area (Å²) in [5.74, 6) is 3.86. The van der Waals surface area contributed by atoms with E-state index in [0.717, 1.165) is 183 Å². The Balaban J connectivity index is 0.000000104. The van der Waals surface area contributed by atoms with Gasteiger partial charge in [-0.25, -0.2) is 44.9 Å². The van der Waals surface area contributed by atoms with Gasteiger partial charge in [0.05, 0.1) is 39.2 Å². The summed E-state index contributed by atoms with van der Waals surface area (Å²) in [4.78, 5) is 44.1. The standard InChI is InChI=1S/2C33H19N3O2.C33H19N3OS/c1-3-12-26-24(9-1)30(20-16-18-21(19-17-20)33-35-27-13-4-6-15-29(27)38-33)36-32(34-26)25-11-7-10-23-22-8-2-5-14-28(22)37-31(23)25;1-3-9-26-24(8-1)31(20-13-15-21(16-14-20)33-35-27-10-4-6-12-30(27)38-33)36-32(34-26)22-17-18-29-25(19-22)23-7-2-5-11-28(23)37-29;1-3-12-26-24(9-1)30(20-16-18-21(19-17-20)33-35-27-13-4-5-14-28(27)37-33)36-32(34-26)25-11-7-10-23-22-8-2-6-15-29(22)38-31(23)25/h3*1-19H. The van der Waals surface area contributed by atoms with E-state index in [1.807, 2.05) is 218 Å². The fourth-order valence-corrected chi connectivity index (χ4v) is 16.5. The van der Waals surface area contributed by atoms with Gasteiger partial charge in [-0.3, -0.25) is 0 Å². The highest BCUT2D eigenvalue weighted by Crippen LogP contribution is 2.43. The first kappa shape index (κ1) is 65.6. The summed E-state index contributed by atoms with van der Waals surface area (Å²) in [5.41, 5.74) is 22.2. The average Bonchev–Trinajstić information content (AvgIpc) is 1.60. The average molecular weight is 1480 g/mol. The van der Waals surface area contributed by atoms with E-state index in [2.05, 4.69) is 142 Å². The maximum absolute atomic E-state index is 6.29. The minimum absolute atomic E-state index is 0.600. The number of para-hydroxylation sites is 12. The number of thiophene rings is 1. The maximum atomic E-state index is 6.29. The van der Waals surface area contributed by atoms with Crippen LogP contribution in [0, 0.1) is 0 Å². The van der Waals surface area contributed by atoms with Crippen LogP contribution in [0.15, 0.2) is 368 Å². The number of benzene rings is 15. The van der Waals surface area contributed by atoms with Crippen LogP contribution in [-0.4, -0.2) is 44.9 Å². The van der Waals surface area contributed by atoms with Gasteiger partial charge in [0, 0.05) is 102 Å². The highest BCUT2D eigenvalue weighted by Gasteiger charge is 2.22. The zero-order chi connectivity index (χ0) is 75.2. The molecule has 0 aliphatic rings. The van der Waals surface area contributed by atoms with Gasteiger partial charge in [-0.1, -0.05) is 206 Å². The second kappa shape index (κ2) is 27.3. The smallest absolute Gasteiger partial charge is 0.227 e. The van der Waals surface area contributed by atoms with E-state index in [1.165, 1.54) is 20.2 Å². The van der Waals surface area contributed by atoms with Crippen LogP contribution in [0.1, 0.15) is 0 Å². The molecule has 114 heavy (non-hydrogen) atoms. The van der Waals surface area contributed by atoms with Crippen LogP contribution >= 0.6 is 11.3 Å². The van der Waals surface area contributed by atoms with Gasteiger partial charge in [-0.05, 0) is 140 Å². The van der Waals surface area contributed by atoms with Crippen LogP contribution in [0.4, 0.5) is 0 Å². The molecule has 0 amide bonds. The molecule has 9 heterocycles. The van der Waals surface area contributed by atoms with E-state index in [1.54, 1.807) is 11.3 Å². The Morgan fingerprint density at radius 3 is 1.03 bits per heavy atom. The zero-order valence-corrected chi connectivity index (χ0v) is 61.2. The van der Waals surface area contributed by atoms with Crippen LogP contribution in [0.3, 0.4) is 0 Å². The van der Waals surface area contributed by atoms with Crippen molar-refractivity contribution >= 4 is 141 Å². The quantitative estimate of drug-likeness (QED) is 0.133. The lowest BCUT2D eigenvalue weighted by molar-refractivity contribution is 0.619. The molecule has 14 nitrogen and oxygen atoms in total. The van der Waals surface area contributed by atoms with Crippen molar-refractivity contribution in [1.82, 2.24) is 44.9 Å². The molecule has 0 saturated heterocycles. The highest BCUT2D eigenvalue weighted by molar-refractivity contribution is 7.26. The second-order valence-electron chi connectivity index (χ2n) is 27.8. The molecule has 9 aromatic heterocycles. The van der Waals surface area contributed by atoms with Gasteiger partial charge >= 0.3 is 0 Å². The lowest BCUT2D eigenvalue weighted by atomic mass is 10.0. The van der Waals surface area contributed by atoms with Crippen molar-refractivity contribution in [1.29, 1.82) is 0 Å². The Morgan fingerprint density at radius 2 is 0.535 bits per heavy atom. The van der Waals surface area contributed by atoms with E-state index in [0.29, 0.717) is 29.3 Å². The topological polar surface area (TPSA) is 182 Å². The van der Waals surface area contributed by atoms with Crippen LogP contribution in [0.2, 0.25) is 0 Å². The molecule has 15 heteroatoms. The van der Waals surface area contributed by atoms with Crippen molar-refractivity contribution in [3.05, 3.63) is 346 Å². The largest absolute Gasteiger partial charge is 0.456 e.